The molecule has 2 saturated heterocycles. The van der Waals surface area contributed by atoms with Crippen molar-refractivity contribution in [1.82, 2.24) is 47.3 Å². The number of aliphatic hydroxyl groups excluding tert-OH is 9. The number of nitrogens with two attached hydrogens (primary N) is 2. The van der Waals surface area contributed by atoms with E-state index in [2.05, 4.69) is 54.2 Å². The summed E-state index contributed by atoms with van der Waals surface area (Å²) in [5.41, 5.74) is 10.9. The molecule has 690 valence electrons. The lowest BCUT2D eigenvalue weighted by molar-refractivity contribution is -0.286. The van der Waals surface area contributed by atoms with E-state index in [1.807, 2.05) is 13.8 Å². The highest BCUT2D eigenvalue weighted by molar-refractivity contribution is 7.89. The Bertz CT molecular complexity index is 4090. The van der Waals surface area contributed by atoms with Crippen LogP contribution < -0.4 is 77.7 Å². The number of amides is 7. The molecule has 37 nitrogen and oxygen atoms in total. The molecule has 0 aromatic heterocycles. The molecule has 123 heavy (non-hydrogen) atoms. The Morgan fingerprint density at radius 1 is 0.707 bits per heavy atom. The molecule has 7 fully saturated rings. The van der Waals surface area contributed by atoms with Gasteiger partial charge in [0, 0.05) is 43.5 Å². The molecule has 23 N–H and O–H groups in total. The van der Waals surface area contributed by atoms with E-state index in [0.717, 1.165) is 19.3 Å². The van der Waals surface area contributed by atoms with Crippen LogP contribution in [0.5, 0.6) is 23.0 Å². The average molecular weight is 1800 g/mol. The average Bonchev–Trinajstić information content (AvgIpc) is 0.756. The summed E-state index contributed by atoms with van der Waals surface area (Å²) in [7, 11) is -2.39. The molecule has 13 rings (SSSR count). The molecule has 11 aliphatic rings. The molecule has 40 heteroatoms. The first-order valence-corrected chi connectivity index (χ1v) is 45.7. The zero-order chi connectivity index (χ0) is 89.4. The standard InChI is InChI=1S/C83H127Cl2N11O26S/c1-7-8-11-24-117-44-15-17-45(18-16-44)123(115,116)90-23-10-9-22-89-35-48-54(99)32-47-62(71(48)104)46-26-39(12-19-53(46)98)63-78(109)96-67(81(112)94-65(47)82(113)114)69(102)41-14-21-56(50(85)28-41)120-58-30-42-29-57(73(58)121-59-31-43(36-97)70(103)72(105)74(59)122-61-34-83(5,87)75(106)38(4)118-61)119-55-20-13-40(27-49(55)84)68(101)66(95-76(107)51(88-6)25-37(2)3)80(111)91-52(33-60(86)100)77(108)92-64(42)79(110)93-63/h15-18,29-30,37-41,43,46-56,59,61-72,74-75,88-90,97-99,101-106H,7-14,19-28,31-36,87H2,1-6H3,(H2,86,100)(H,91,111)(H,92,108)(H,93,110)(H,94,112)(H,95,107)(H,96,109)(H,113,114)/t38-,39-,40-,41-,43+,46?,47?,48?,49+,50-,51+,52-,53+,54-,55+,56+,59+,61-,62?,63+,64+,65-,66+,67-,68+,69+,70+,71?,72-,74-,75+,83-/m0/s1. The number of hydrogen-bond acceptors (Lipinski definition) is 28. The molecular formula is C83H127Cl2N11O26S. The van der Waals surface area contributed by atoms with Gasteiger partial charge in [-0.1, -0.05) is 33.6 Å². The van der Waals surface area contributed by atoms with Gasteiger partial charge in [-0.25, -0.2) is 17.9 Å². The molecular weight excluding hydrogens is 1670 g/mol. The van der Waals surface area contributed by atoms with Crippen LogP contribution >= 0.6 is 23.2 Å². The minimum Gasteiger partial charge on any atom is -0.494 e. The second-order valence-corrected chi connectivity index (χ2v) is 38.8. The first-order chi connectivity index (χ1) is 58.3. The number of sulfonamides is 1. The van der Waals surface area contributed by atoms with Gasteiger partial charge < -0.3 is 133 Å². The highest BCUT2D eigenvalue weighted by atomic mass is 35.5. The smallest absolute Gasteiger partial charge is 0.326 e. The molecule has 6 heterocycles. The number of nitrogens with one attached hydrogen (secondary N) is 9. The van der Waals surface area contributed by atoms with Gasteiger partial charge >= 0.3 is 5.97 Å². The number of aliphatic hydroxyl groups is 9. The number of carboxylic acids is 1. The third kappa shape index (κ3) is 23.3. The van der Waals surface area contributed by atoms with Crippen molar-refractivity contribution in [2.24, 2.45) is 64.7 Å². The van der Waals surface area contributed by atoms with Gasteiger partial charge in [0.1, 0.15) is 72.5 Å². The Hall–Kier alpha value is -6.67. The Morgan fingerprint density at radius 3 is 1.95 bits per heavy atom. The van der Waals surface area contributed by atoms with Crippen molar-refractivity contribution in [3.63, 3.8) is 0 Å². The van der Waals surface area contributed by atoms with E-state index in [1.54, 1.807) is 26.0 Å². The van der Waals surface area contributed by atoms with Crippen molar-refractivity contribution < 1.29 is 126 Å². The first kappa shape index (κ1) is 97.0. The number of halogens is 2. The molecule has 0 radical (unpaired) electrons. The van der Waals surface area contributed by atoms with E-state index < -0.39 is 268 Å². The van der Waals surface area contributed by atoms with Gasteiger partial charge in [0.2, 0.25) is 57.1 Å². The SMILES string of the molecule is CCCCCOc1ccc(S(=O)(=O)NCCCCNCC2C(O)C3C4C[C@H](CC[C@H]4O)[C@H]4NC(=O)[C@@H]5NC(=O)[C@H](CC(N)=O)NC(=O)[C@H](NC(=O)[C@@H](CC(C)C)NC)[C@H](O)[C@H]6CC[C@@H](Oc7cc5cc(c7O[C@@H]5C[C@H](CO)[C@@H](O)[C@H](O)[C@H]5O[C@H]5C[C@](C)(N)[C@H](O)[C@H](C)O5)O[C@@H]5CC[C@@H](C[C@@H]5Cl)[C@@H](O)[C@H](NC4=O)C(=O)N[C@H](C(=O)O)C3C[C@@H]2O)[C@H](Cl)C6)cc1. The fourth-order valence-corrected chi connectivity index (χ4v) is 21.5. The summed E-state index contributed by atoms with van der Waals surface area (Å²) in [6.45, 7) is 8.89. The van der Waals surface area contributed by atoms with E-state index in [4.69, 9.17) is 63.1 Å². The number of alkyl halides is 2. The Labute approximate surface area is 725 Å². The number of unbranched alkanes of at least 4 members (excludes halogenated alkanes) is 3. The maximum Gasteiger partial charge on any atom is 0.326 e. The Kier molecular flexibility index (Phi) is 33.5. The van der Waals surface area contributed by atoms with Crippen LogP contribution in [0.1, 0.15) is 168 Å². The number of carbonyl (C=O) groups is 8. The number of ether oxygens (including phenoxy) is 6. The fourth-order valence-electron chi connectivity index (χ4n) is 19.6. The van der Waals surface area contributed by atoms with Crippen molar-refractivity contribution in [3.05, 3.63) is 42.0 Å². The lowest BCUT2D eigenvalue weighted by Crippen LogP contribution is -2.66. The van der Waals surface area contributed by atoms with Crippen molar-refractivity contribution in [2.45, 2.75) is 306 Å². The van der Waals surface area contributed by atoms with Gasteiger partial charge in [-0.05, 0) is 207 Å². The summed E-state index contributed by atoms with van der Waals surface area (Å²) in [6, 6.07) is -4.39. The summed E-state index contributed by atoms with van der Waals surface area (Å²) in [4.78, 5) is 120. The highest BCUT2D eigenvalue weighted by Crippen LogP contribution is 2.51. The molecule has 11 bridgehead atoms. The van der Waals surface area contributed by atoms with Crippen LogP contribution in [0.3, 0.4) is 0 Å². The van der Waals surface area contributed by atoms with Crippen LogP contribution in [-0.4, -0.2) is 285 Å². The van der Waals surface area contributed by atoms with Crippen LogP contribution in [0.25, 0.3) is 0 Å². The molecule has 32 atom stereocenters. The largest absolute Gasteiger partial charge is 0.494 e. The molecule has 5 aliphatic carbocycles. The molecule has 0 spiro atoms. The number of carbonyl (C=O) groups excluding carboxylic acids is 7. The topological polar surface area (TPSA) is 589 Å². The van der Waals surface area contributed by atoms with E-state index in [1.165, 1.54) is 31.3 Å². The van der Waals surface area contributed by atoms with Crippen LogP contribution in [0.2, 0.25) is 0 Å². The van der Waals surface area contributed by atoms with Crippen LogP contribution in [0.4, 0.5) is 0 Å². The Morgan fingerprint density at radius 2 is 1.34 bits per heavy atom. The predicted molar refractivity (Wildman–Crippen MR) is 442 cm³/mol. The van der Waals surface area contributed by atoms with Gasteiger partial charge in [0.25, 0.3) is 0 Å². The van der Waals surface area contributed by atoms with Gasteiger partial charge in [0.15, 0.2) is 17.8 Å². The molecule has 2 aromatic carbocycles. The second-order valence-electron chi connectivity index (χ2n) is 35.9. The lowest BCUT2D eigenvalue weighted by Gasteiger charge is -2.51. The molecule has 2 aromatic rings. The van der Waals surface area contributed by atoms with E-state index >= 15 is 24.0 Å². The van der Waals surface area contributed by atoms with Crippen LogP contribution in [0, 0.1) is 53.3 Å². The lowest BCUT2D eigenvalue weighted by atomic mass is 9.58. The van der Waals surface area contributed by atoms with Crippen LogP contribution in [-0.2, 0) is 57.9 Å². The number of benzene rings is 2. The zero-order valence-electron chi connectivity index (χ0n) is 70.2. The molecule has 7 amide bonds. The van der Waals surface area contributed by atoms with E-state index in [0.29, 0.717) is 25.2 Å². The number of likely N-dealkylation sites (N-methyl/N-ethyl adjacent to an activating group) is 1. The van der Waals surface area contributed by atoms with E-state index in [9.17, 15) is 73.9 Å². The van der Waals surface area contributed by atoms with E-state index in [-0.39, 0.29) is 130 Å². The zero-order valence-corrected chi connectivity index (χ0v) is 72.6. The number of fused-ring (bicyclic) bond motifs is 15. The first-order valence-electron chi connectivity index (χ1n) is 43.4. The maximum atomic E-state index is 16.5. The summed E-state index contributed by atoms with van der Waals surface area (Å²) in [5.74, 6) is -19.5. The number of primary amides is 1. The van der Waals surface area contributed by atoms with Gasteiger partial charge in [0.05, 0.1) is 83.6 Å². The normalized spacial score (nSPS) is 38.0. The van der Waals surface area contributed by atoms with Gasteiger partial charge in [-0.3, -0.25) is 33.6 Å². The third-order valence-electron chi connectivity index (χ3n) is 26.6. The van der Waals surface area contributed by atoms with Crippen LogP contribution in [0.15, 0.2) is 41.3 Å². The minimum absolute atomic E-state index is 0.0249. The predicted octanol–water partition coefficient (Wildman–Crippen LogP) is -1.32. The maximum absolute atomic E-state index is 16.5. The number of carboxylic acid groups (broad SMARTS) is 1. The highest BCUT2D eigenvalue weighted by Gasteiger charge is 2.57. The second kappa shape index (κ2) is 42.5. The Balaban J connectivity index is 0.997. The molecule has 5 saturated carbocycles. The van der Waals surface area contributed by atoms with Crippen molar-refractivity contribution in [2.75, 3.05) is 39.9 Å². The molecule has 6 aliphatic heterocycles. The monoisotopic (exact) mass is 1800 g/mol. The van der Waals surface area contributed by atoms with Crippen molar-refractivity contribution in [3.8, 4) is 23.0 Å². The summed E-state index contributed by atoms with van der Waals surface area (Å²) in [6.07, 6.45) is -19.5. The minimum atomic E-state index is -3.91. The van der Waals surface area contributed by atoms with Gasteiger partial charge in [-0.15, -0.1) is 23.2 Å². The van der Waals surface area contributed by atoms with Gasteiger partial charge in [-0.2, -0.15) is 0 Å². The van der Waals surface area contributed by atoms with Crippen molar-refractivity contribution >= 4 is 80.5 Å². The third-order valence-corrected chi connectivity index (χ3v) is 29.0. The number of rotatable bonds is 27. The summed E-state index contributed by atoms with van der Waals surface area (Å²) < 4.78 is 68.8. The quantitative estimate of drug-likeness (QED) is 0.0364. The number of aliphatic carboxylic acids is 1. The fraction of sp³-hybridized carbons (Fsp3) is 0.759. The summed E-state index contributed by atoms with van der Waals surface area (Å²) in [5, 5.41) is 140. The van der Waals surface area contributed by atoms with Crippen molar-refractivity contribution in [1.29, 1.82) is 0 Å². The molecule has 5 unspecified atom stereocenters. The summed E-state index contributed by atoms with van der Waals surface area (Å²) >= 11 is 14.9. The number of hydrogen-bond donors (Lipinski definition) is 21.